The van der Waals surface area contributed by atoms with Gasteiger partial charge in [-0.05, 0) is 24.3 Å². The molecule has 0 fully saturated rings. The molecule has 0 saturated heterocycles. The molecule has 0 aliphatic rings. The second-order valence-corrected chi connectivity index (χ2v) is 5.79. The second-order valence-electron chi connectivity index (χ2n) is 5.39. The molecular formula is C17H11ClFN5O. The summed E-state index contributed by atoms with van der Waals surface area (Å²) in [6.07, 6.45) is 1.34. The van der Waals surface area contributed by atoms with Crippen LogP contribution in [-0.4, -0.2) is 24.5 Å². The molecule has 0 saturated carbocycles. The zero-order valence-electron chi connectivity index (χ0n) is 12.8. The van der Waals surface area contributed by atoms with Crippen molar-refractivity contribution in [2.45, 2.75) is 6.54 Å². The van der Waals surface area contributed by atoms with E-state index in [9.17, 15) is 9.18 Å². The average Bonchev–Trinajstić information content (AvgIpc) is 3.06. The molecule has 0 aliphatic heterocycles. The number of rotatable bonds is 3. The molecule has 2 heterocycles. The zero-order chi connectivity index (χ0) is 17.4. The van der Waals surface area contributed by atoms with E-state index in [-0.39, 0.29) is 22.6 Å². The van der Waals surface area contributed by atoms with Crippen LogP contribution in [0.3, 0.4) is 0 Å². The van der Waals surface area contributed by atoms with Gasteiger partial charge in [0.05, 0.1) is 12.2 Å². The van der Waals surface area contributed by atoms with Crippen LogP contribution in [-0.2, 0) is 6.54 Å². The van der Waals surface area contributed by atoms with Crippen molar-refractivity contribution in [2.75, 3.05) is 0 Å². The molecule has 6 nitrogen and oxygen atoms in total. The van der Waals surface area contributed by atoms with Gasteiger partial charge in [0, 0.05) is 10.6 Å². The van der Waals surface area contributed by atoms with Crippen molar-refractivity contribution in [1.82, 2.24) is 24.5 Å². The van der Waals surface area contributed by atoms with Crippen LogP contribution in [0.1, 0.15) is 5.56 Å². The molecule has 0 unspecified atom stereocenters. The van der Waals surface area contributed by atoms with E-state index in [2.05, 4.69) is 15.3 Å². The molecule has 0 bridgehead atoms. The zero-order valence-corrected chi connectivity index (χ0v) is 13.6. The van der Waals surface area contributed by atoms with E-state index in [1.54, 1.807) is 6.07 Å². The first-order valence-corrected chi connectivity index (χ1v) is 7.82. The van der Waals surface area contributed by atoms with Gasteiger partial charge in [-0.25, -0.2) is 9.37 Å². The number of halogens is 2. The fourth-order valence-electron chi connectivity index (χ4n) is 2.55. The van der Waals surface area contributed by atoms with Gasteiger partial charge in [0.1, 0.15) is 12.1 Å². The van der Waals surface area contributed by atoms with Crippen LogP contribution < -0.4 is 5.56 Å². The summed E-state index contributed by atoms with van der Waals surface area (Å²) >= 11 is 6.03. The van der Waals surface area contributed by atoms with Crippen LogP contribution >= 0.6 is 11.6 Å². The molecule has 8 heteroatoms. The molecule has 0 aliphatic carbocycles. The summed E-state index contributed by atoms with van der Waals surface area (Å²) < 4.78 is 16.7. The van der Waals surface area contributed by atoms with Crippen molar-refractivity contribution in [1.29, 1.82) is 0 Å². The van der Waals surface area contributed by atoms with Gasteiger partial charge < -0.3 is 0 Å². The third-order valence-corrected chi connectivity index (χ3v) is 4.17. The summed E-state index contributed by atoms with van der Waals surface area (Å²) in [6, 6.07) is 13.6. The highest BCUT2D eigenvalue weighted by Crippen LogP contribution is 2.20. The third kappa shape index (κ3) is 2.68. The molecule has 0 atom stereocenters. The summed E-state index contributed by atoms with van der Waals surface area (Å²) in [7, 11) is 0. The molecule has 0 amide bonds. The highest BCUT2D eigenvalue weighted by atomic mass is 35.5. The quantitative estimate of drug-likeness (QED) is 0.567. The molecule has 0 spiro atoms. The summed E-state index contributed by atoms with van der Waals surface area (Å²) in [6.45, 7) is -0.0362. The normalized spacial score (nSPS) is 11.1. The highest BCUT2D eigenvalue weighted by Gasteiger charge is 2.15. The molecule has 0 N–H and O–H groups in total. The number of hydrogen-bond donors (Lipinski definition) is 0. The number of fused-ring (bicyclic) bond motifs is 1. The first-order chi connectivity index (χ1) is 12.1. The van der Waals surface area contributed by atoms with Crippen LogP contribution in [0.4, 0.5) is 4.39 Å². The van der Waals surface area contributed by atoms with Crippen LogP contribution in [0.5, 0.6) is 0 Å². The minimum atomic E-state index is -0.479. The maximum absolute atomic E-state index is 14.0. The molecule has 25 heavy (non-hydrogen) atoms. The van der Waals surface area contributed by atoms with Crippen LogP contribution in [0.25, 0.3) is 16.9 Å². The van der Waals surface area contributed by atoms with E-state index >= 15 is 0 Å². The smallest absolute Gasteiger partial charge is 0.283 e. The van der Waals surface area contributed by atoms with Crippen molar-refractivity contribution in [3.8, 4) is 5.69 Å². The summed E-state index contributed by atoms with van der Waals surface area (Å²) in [5.74, 6) is -0.479. The Labute approximate surface area is 146 Å². The number of aromatic nitrogens is 5. The fourth-order valence-corrected chi connectivity index (χ4v) is 2.78. The number of hydrogen-bond acceptors (Lipinski definition) is 4. The SMILES string of the molecule is O=c1c2nnn(-c3ccccc3)c2ncn1Cc1c(F)cccc1Cl. The van der Waals surface area contributed by atoms with Gasteiger partial charge in [-0.15, -0.1) is 5.10 Å². The van der Waals surface area contributed by atoms with Crippen molar-refractivity contribution < 1.29 is 4.39 Å². The molecular weight excluding hydrogens is 345 g/mol. The van der Waals surface area contributed by atoms with Gasteiger partial charge in [0.2, 0.25) is 0 Å². The highest BCUT2D eigenvalue weighted by molar-refractivity contribution is 6.31. The van der Waals surface area contributed by atoms with Gasteiger partial charge in [-0.1, -0.05) is 41.1 Å². The Morgan fingerprint density at radius 2 is 1.88 bits per heavy atom. The lowest BCUT2D eigenvalue weighted by Crippen LogP contribution is -2.22. The Balaban J connectivity index is 1.81. The van der Waals surface area contributed by atoms with Gasteiger partial charge in [-0.2, -0.15) is 4.68 Å². The first-order valence-electron chi connectivity index (χ1n) is 7.44. The molecule has 2 aromatic carbocycles. The van der Waals surface area contributed by atoms with Crippen LogP contribution in [0.2, 0.25) is 5.02 Å². The number of benzene rings is 2. The molecule has 4 aromatic rings. The topological polar surface area (TPSA) is 65.6 Å². The van der Waals surface area contributed by atoms with Crippen molar-refractivity contribution >= 4 is 22.8 Å². The van der Waals surface area contributed by atoms with E-state index < -0.39 is 11.4 Å². The third-order valence-electron chi connectivity index (χ3n) is 3.82. The maximum Gasteiger partial charge on any atom is 0.283 e. The number of nitrogens with zero attached hydrogens (tertiary/aromatic N) is 5. The molecule has 0 radical (unpaired) electrons. The summed E-state index contributed by atoms with van der Waals surface area (Å²) in [5, 5.41) is 8.18. The maximum atomic E-state index is 14.0. The first kappa shape index (κ1) is 15.5. The second kappa shape index (κ2) is 6.10. The van der Waals surface area contributed by atoms with E-state index in [0.29, 0.717) is 5.65 Å². The van der Waals surface area contributed by atoms with E-state index in [4.69, 9.17) is 11.6 Å². The van der Waals surface area contributed by atoms with Crippen molar-refractivity contribution in [2.24, 2.45) is 0 Å². The van der Waals surface area contributed by atoms with Crippen LogP contribution in [0, 0.1) is 5.82 Å². The van der Waals surface area contributed by atoms with Crippen molar-refractivity contribution in [3.05, 3.63) is 81.6 Å². The lowest BCUT2D eigenvalue weighted by Gasteiger charge is -2.08. The minimum Gasteiger partial charge on any atom is -0.293 e. The lowest BCUT2D eigenvalue weighted by molar-refractivity contribution is 0.595. The summed E-state index contributed by atoms with van der Waals surface area (Å²) in [4.78, 5) is 16.9. The molecule has 124 valence electrons. The van der Waals surface area contributed by atoms with Gasteiger partial charge in [0.15, 0.2) is 11.2 Å². The Hall–Kier alpha value is -3.06. The Bertz CT molecular complexity index is 1100. The fraction of sp³-hybridized carbons (Fsp3) is 0.0588. The monoisotopic (exact) mass is 355 g/mol. The van der Waals surface area contributed by atoms with E-state index in [1.165, 1.54) is 27.7 Å². The Morgan fingerprint density at radius 1 is 1.08 bits per heavy atom. The van der Waals surface area contributed by atoms with Gasteiger partial charge in [0.25, 0.3) is 5.56 Å². The van der Waals surface area contributed by atoms with Gasteiger partial charge >= 0.3 is 0 Å². The minimum absolute atomic E-state index is 0.0362. The Kier molecular flexibility index (Phi) is 3.77. The van der Waals surface area contributed by atoms with E-state index in [0.717, 1.165) is 5.69 Å². The predicted molar refractivity (Wildman–Crippen MR) is 91.4 cm³/mol. The van der Waals surface area contributed by atoms with E-state index in [1.807, 2.05) is 30.3 Å². The summed E-state index contributed by atoms with van der Waals surface area (Å²) in [5.41, 5.74) is 1.01. The average molecular weight is 356 g/mol. The number of para-hydroxylation sites is 1. The van der Waals surface area contributed by atoms with Crippen molar-refractivity contribution in [3.63, 3.8) is 0 Å². The standard InChI is InChI=1S/C17H11ClFN5O/c18-13-7-4-8-14(19)12(13)9-23-10-20-16-15(17(23)25)21-22-24(16)11-5-2-1-3-6-11/h1-8,10H,9H2. The predicted octanol–water partition coefficient (Wildman–Crippen LogP) is 2.82. The van der Waals surface area contributed by atoms with Gasteiger partial charge in [-0.3, -0.25) is 9.36 Å². The lowest BCUT2D eigenvalue weighted by atomic mass is 10.2. The molecule has 2 aromatic heterocycles. The largest absolute Gasteiger partial charge is 0.293 e. The van der Waals surface area contributed by atoms with Crippen LogP contribution in [0.15, 0.2) is 59.7 Å². The molecule has 4 rings (SSSR count). The Morgan fingerprint density at radius 3 is 2.64 bits per heavy atom.